The van der Waals surface area contributed by atoms with Gasteiger partial charge >= 0.3 is 5.97 Å². The van der Waals surface area contributed by atoms with E-state index < -0.39 is 30.1 Å². The van der Waals surface area contributed by atoms with E-state index in [-0.39, 0.29) is 17.5 Å². The highest BCUT2D eigenvalue weighted by molar-refractivity contribution is 5.87. The number of esters is 1. The van der Waals surface area contributed by atoms with Crippen molar-refractivity contribution in [2.24, 2.45) is 11.8 Å². The lowest BCUT2D eigenvalue weighted by atomic mass is 9.90. The Balaban J connectivity index is 3.42. The summed E-state index contributed by atoms with van der Waals surface area (Å²) < 4.78 is 10.3. The van der Waals surface area contributed by atoms with Gasteiger partial charge in [0.1, 0.15) is 0 Å². The maximum Gasteiger partial charge on any atom is 0.338 e. The van der Waals surface area contributed by atoms with Crippen LogP contribution in [0.15, 0.2) is 30.3 Å². The molecule has 0 radical (unpaired) electrons. The van der Waals surface area contributed by atoms with E-state index in [1.807, 2.05) is 20.8 Å². The van der Waals surface area contributed by atoms with Crippen LogP contribution in [0.25, 0.3) is 0 Å². The lowest BCUT2D eigenvalue weighted by molar-refractivity contribution is -0.244. The van der Waals surface area contributed by atoms with Crippen LogP contribution in [0.4, 0.5) is 0 Å². The Bertz CT molecular complexity index is 667. The summed E-state index contributed by atoms with van der Waals surface area (Å²) >= 11 is 0. The molecule has 0 heterocycles. The fourth-order valence-electron chi connectivity index (χ4n) is 3.23. The van der Waals surface area contributed by atoms with Crippen LogP contribution in [0, 0.1) is 11.8 Å². The zero-order valence-electron chi connectivity index (χ0n) is 18.5. The fourth-order valence-corrected chi connectivity index (χ4v) is 3.23. The molecule has 30 heavy (non-hydrogen) atoms. The molecule has 1 rings (SSSR count). The first-order chi connectivity index (χ1) is 14.3. The molecule has 0 aromatic heterocycles. The topological polar surface area (TPSA) is 96.4 Å². The lowest BCUT2D eigenvalue weighted by Gasteiger charge is -2.36. The number of amides is 2. The van der Waals surface area contributed by atoms with E-state index in [4.69, 9.17) is 9.47 Å². The highest BCUT2D eigenvalue weighted by Crippen LogP contribution is 2.29. The predicted octanol–water partition coefficient (Wildman–Crippen LogP) is 3.71. The summed E-state index contributed by atoms with van der Waals surface area (Å²) in [5.41, 5.74) is 0.402. The third kappa shape index (κ3) is 7.42. The van der Waals surface area contributed by atoms with Gasteiger partial charge in [-0.05, 0) is 31.2 Å². The van der Waals surface area contributed by atoms with Crippen molar-refractivity contribution in [3.8, 4) is 0 Å². The Morgan fingerprint density at radius 3 is 2.30 bits per heavy atom. The molecule has 1 N–H and O–H groups in total. The first-order valence-corrected chi connectivity index (χ1v) is 10.3. The molecule has 2 amide bonds. The van der Waals surface area contributed by atoms with Gasteiger partial charge in [-0.3, -0.25) is 14.8 Å². The quantitative estimate of drug-likeness (QED) is 0.171. The maximum atomic E-state index is 13.5. The van der Waals surface area contributed by atoms with Crippen molar-refractivity contribution >= 4 is 18.3 Å². The van der Waals surface area contributed by atoms with Crippen LogP contribution in [-0.4, -0.2) is 47.1 Å². The molecule has 0 fully saturated rings. The minimum atomic E-state index is -1.34. The third-order valence-electron chi connectivity index (χ3n) is 4.75. The minimum absolute atomic E-state index is 0.0904. The van der Waals surface area contributed by atoms with Crippen molar-refractivity contribution < 1.29 is 29.1 Å². The number of carbonyl (C=O) groups excluding carboxylic acids is 3. The summed E-state index contributed by atoms with van der Waals surface area (Å²) in [4.78, 5) is 37.9. The smallest absolute Gasteiger partial charge is 0.338 e. The monoisotopic (exact) mass is 422 g/mol. The number of methoxy groups -OCH3 is 1. The Hall–Kier alpha value is -2.45. The van der Waals surface area contributed by atoms with Crippen LogP contribution < -0.4 is 0 Å². The molecule has 168 valence electrons. The van der Waals surface area contributed by atoms with E-state index in [9.17, 15) is 19.6 Å². The highest BCUT2D eigenvalue weighted by Gasteiger charge is 2.40. The van der Waals surface area contributed by atoms with Crippen molar-refractivity contribution in [3.05, 3.63) is 35.9 Å². The van der Waals surface area contributed by atoms with Crippen molar-refractivity contribution in [3.63, 3.8) is 0 Å². The molecule has 8 heteroatoms. The maximum absolute atomic E-state index is 13.5. The Morgan fingerprint density at radius 1 is 1.17 bits per heavy atom. The number of hydroxylamine groups is 1. The number of ether oxygens (including phenoxy) is 2. The first kappa shape index (κ1) is 25.6. The average Bonchev–Trinajstić information content (AvgIpc) is 2.73. The van der Waals surface area contributed by atoms with Crippen molar-refractivity contribution in [2.45, 2.75) is 65.7 Å². The molecule has 0 aliphatic carbocycles. The SMILES string of the molecule is CCCCC(CC(C)C)C(=O)N([C@H](C(=O)OC(C)OC)c1ccccc1)N(O)C=O. The zero-order valence-corrected chi connectivity index (χ0v) is 18.5. The number of hydrogen-bond donors (Lipinski definition) is 1. The van der Waals surface area contributed by atoms with Crippen molar-refractivity contribution in [1.29, 1.82) is 0 Å². The standard InChI is InChI=1S/C22H34N2O6/c1-6-7-11-19(14-16(2)3)21(26)24(23(28)15-25)20(18-12-9-8-10-13-18)22(27)30-17(4)29-5/h8-10,12-13,15-17,19-20,28H,6-7,11,14H2,1-5H3/t17?,19?,20-/m0/s1. The van der Waals surface area contributed by atoms with Gasteiger partial charge in [0.15, 0.2) is 12.3 Å². The van der Waals surface area contributed by atoms with E-state index in [0.717, 1.165) is 17.9 Å². The average molecular weight is 423 g/mol. The molecule has 0 bridgehead atoms. The number of carbonyl (C=O) groups is 3. The molecular weight excluding hydrogens is 388 g/mol. The molecule has 0 spiro atoms. The van der Waals surface area contributed by atoms with E-state index in [2.05, 4.69) is 0 Å². The van der Waals surface area contributed by atoms with E-state index in [1.165, 1.54) is 14.0 Å². The zero-order chi connectivity index (χ0) is 22.7. The summed E-state index contributed by atoms with van der Waals surface area (Å²) in [7, 11) is 1.38. The molecule has 0 aliphatic heterocycles. The molecule has 1 aromatic rings. The predicted molar refractivity (Wildman–Crippen MR) is 111 cm³/mol. The number of rotatable bonds is 13. The van der Waals surface area contributed by atoms with E-state index >= 15 is 0 Å². The van der Waals surface area contributed by atoms with Gasteiger partial charge in [-0.2, -0.15) is 0 Å². The molecule has 8 nitrogen and oxygen atoms in total. The summed E-state index contributed by atoms with van der Waals surface area (Å²) in [5, 5.41) is 11.2. The number of nitrogens with zero attached hydrogens (tertiary/aromatic N) is 2. The first-order valence-electron chi connectivity index (χ1n) is 10.3. The lowest BCUT2D eigenvalue weighted by Crippen LogP contribution is -2.51. The van der Waals surface area contributed by atoms with Crippen LogP contribution >= 0.6 is 0 Å². The van der Waals surface area contributed by atoms with Gasteiger partial charge in [0.05, 0.1) is 0 Å². The van der Waals surface area contributed by atoms with Gasteiger partial charge in [-0.15, -0.1) is 5.17 Å². The van der Waals surface area contributed by atoms with Crippen molar-refractivity contribution in [2.75, 3.05) is 7.11 Å². The Labute approximate surface area is 178 Å². The summed E-state index contributed by atoms with van der Waals surface area (Å²) in [6.07, 6.45) is 2.08. The normalized spacial score (nSPS) is 14.0. The van der Waals surface area contributed by atoms with Crippen LogP contribution in [0.1, 0.15) is 65.0 Å². The second-order valence-electron chi connectivity index (χ2n) is 7.63. The van der Waals surface area contributed by atoms with Gasteiger partial charge in [-0.25, -0.2) is 9.80 Å². The second kappa shape index (κ2) is 13.0. The van der Waals surface area contributed by atoms with E-state index in [0.29, 0.717) is 18.4 Å². The number of hydrogen-bond acceptors (Lipinski definition) is 6. The van der Waals surface area contributed by atoms with Gasteiger partial charge < -0.3 is 9.47 Å². The largest absolute Gasteiger partial charge is 0.434 e. The van der Waals surface area contributed by atoms with Gasteiger partial charge in [0.25, 0.3) is 6.41 Å². The molecule has 2 unspecified atom stereocenters. The summed E-state index contributed by atoms with van der Waals surface area (Å²) in [5.74, 6) is -1.57. The summed E-state index contributed by atoms with van der Waals surface area (Å²) in [6.45, 7) is 7.55. The minimum Gasteiger partial charge on any atom is -0.434 e. The number of hydrazine groups is 1. The fraction of sp³-hybridized carbons (Fsp3) is 0.591. The molecule has 0 aliphatic rings. The number of unbranched alkanes of at least 4 members (excludes halogenated alkanes) is 1. The van der Waals surface area contributed by atoms with Crippen LogP contribution in [-0.2, 0) is 23.9 Å². The second-order valence-corrected chi connectivity index (χ2v) is 7.63. The Kier molecular flexibility index (Phi) is 11.1. The van der Waals surface area contributed by atoms with Gasteiger partial charge in [-0.1, -0.05) is 63.9 Å². The van der Waals surface area contributed by atoms with Crippen molar-refractivity contribution in [1.82, 2.24) is 10.2 Å². The summed E-state index contributed by atoms with van der Waals surface area (Å²) in [6, 6.07) is 7.07. The number of benzene rings is 1. The van der Waals surface area contributed by atoms with Gasteiger partial charge in [0.2, 0.25) is 5.91 Å². The van der Waals surface area contributed by atoms with E-state index in [1.54, 1.807) is 30.3 Å². The van der Waals surface area contributed by atoms with Crippen LogP contribution in [0.5, 0.6) is 0 Å². The highest BCUT2D eigenvalue weighted by atomic mass is 16.7. The molecule has 0 saturated heterocycles. The van der Waals surface area contributed by atoms with Gasteiger partial charge in [0, 0.05) is 13.0 Å². The third-order valence-corrected chi connectivity index (χ3v) is 4.75. The molecular formula is C22H34N2O6. The molecule has 3 atom stereocenters. The molecule has 0 saturated carbocycles. The Morgan fingerprint density at radius 2 is 1.80 bits per heavy atom. The molecule has 1 aromatic carbocycles. The van der Waals surface area contributed by atoms with Crippen LogP contribution in [0.2, 0.25) is 0 Å². The van der Waals surface area contributed by atoms with Crippen LogP contribution in [0.3, 0.4) is 0 Å².